The van der Waals surface area contributed by atoms with E-state index in [1.165, 1.54) is 12.1 Å². The summed E-state index contributed by atoms with van der Waals surface area (Å²) in [4.78, 5) is 0. The Morgan fingerprint density at radius 3 is 1.32 bits per heavy atom. The van der Waals surface area contributed by atoms with Crippen LogP contribution in [0.5, 0.6) is 17.2 Å². The average molecular weight is 438 g/mol. The van der Waals surface area contributed by atoms with E-state index < -0.39 is 0 Å². The number of phenolic OH excluding ortho intramolecular Hbond substituents is 3. The smallest absolute Gasteiger partial charge is 0.123 e. The van der Waals surface area contributed by atoms with Gasteiger partial charge in [0.15, 0.2) is 0 Å². The fourth-order valence-corrected chi connectivity index (χ4v) is 3.98. The van der Waals surface area contributed by atoms with E-state index in [1.807, 2.05) is 13.8 Å². The maximum atomic E-state index is 11.0. The van der Waals surface area contributed by atoms with Gasteiger partial charge in [-0.1, -0.05) is 48.7 Å². The number of rotatable bonds is 4. The molecular formula is C22H19Cl3O3. The van der Waals surface area contributed by atoms with E-state index in [9.17, 15) is 15.3 Å². The summed E-state index contributed by atoms with van der Waals surface area (Å²) < 4.78 is 0. The quantitative estimate of drug-likeness (QED) is 0.409. The van der Waals surface area contributed by atoms with Crippen molar-refractivity contribution in [2.75, 3.05) is 0 Å². The van der Waals surface area contributed by atoms with Gasteiger partial charge in [0.25, 0.3) is 0 Å². The van der Waals surface area contributed by atoms with Crippen molar-refractivity contribution in [3.63, 3.8) is 0 Å². The van der Waals surface area contributed by atoms with Gasteiger partial charge >= 0.3 is 0 Å². The Morgan fingerprint density at radius 1 is 0.571 bits per heavy atom. The fourth-order valence-electron chi connectivity index (χ4n) is 3.38. The molecule has 3 rings (SSSR count). The molecule has 6 heteroatoms. The number of phenols is 3. The normalized spacial score (nSPS) is 13.3. The molecule has 2 atom stereocenters. The molecule has 0 radical (unpaired) electrons. The summed E-state index contributed by atoms with van der Waals surface area (Å²) in [6.07, 6.45) is 0. The molecule has 28 heavy (non-hydrogen) atoms. The van der Waals surface area contributed by atoms with E-state index in [-0.39, 0.29) is 29.1 Å². The molecule has 0 heterocycles. The standard InChI is InChI=1S/C22H19Cl3O3/c1-11(16-7-13(23)3-5-20(16)26)18-9-15(25)10-19(22(18)28)12(2)17-8-14(24)4-6-21(17)27/h3-12,26-28H,1-2H3. The first-order valence-corrected chi connectivity index (χ1v) is 9.81. The molecule has 0 spiro atoms. The zero-order valence-electron chi connectivity index (χ0n) is 15.2. The lowest BCUT2D eigenvalue weighted by Gasteiger charge is -2.22. The highest BCUT2D eigenvalue weighted by molar-refractivity contribution is 6.31. The number of hydrogen-bond acceptors (Lipinski definition) is 3. The van der Waals surface area contributed by atoms with Crippen LogP contribution < -0.4 is 0 Å². The topological polar surface area (TPSA) is 60.7 Å². The second-order valence-electron chi connectivity index (χ2n) is 6.78. The maximum Gasteiger partial charge on any atom is 0.123 e. The summed E-state index contributed by atoms with van der Waals surface area (Å²) in [5.41, 5.74) is 2.26. The van der Waals surface area contributed by atoms with Crippen molar-refractivity contribution in [3.8, 4) is 17.2 Å². The number of hydrogen-bond donors (Lipinski definition) is 3. The third kappa shape index (κ3) is 4.02. The molecule has 0 aromatic heterocycles. The van der Waals surface area contributed by atoms with Crippen molar-refractivity contribution in [2.45, 2.75) is 25.7 Å². The van der Waals surface area contributed by atoms with Crippen molar-refractivity contribution in [1.29, 1.82) is 0 Å². The van der Waals surface area contributed by atoms with E-state index in [4.69, 9.17) is 34.8 Å². The third-order valence-corrected chi connectivity index (χ3v) is 5.67. The van der Waals surface area contributed by atoms with E-state index in [0.29, 0.717) is 37.3 Å². The lowest BCUT2D eigenvalue weighted by atomic mass is 9.85. The van der Waals surface area contributed by atoms with Crippen LogP contribution in [0.3, 0.4) is 0 Å². The first-order chi connectivity index (χ1) is 13.2. The van der Waals surface area contributed by atoms with Crippen molar-refractivity contribution in [2.24, 2.45) is 0 Å². The predicted octanol–water partition coefficient (Wildman–Crippen LogP) is 7.07. The summed E-state index contributed by atoms with van der Waals surface area (Å²) in [6, 6.07) is 12.9. The van der Waals surface area contributed by atoms with Gasteiger partial charge in [0.05, 0.1) is 0 Å². The van der Waals surface area contributed by atoms with Crippen molar-refractivity contribution in [3.05, 3.63) is 85.9 Å². The Labute approximate surface area is 178 Å². The van der Waals surface area contributed by atoms with Crippen LogP contribution in [0.25, 0.3) is 0 Å². The second kappa shape index (κ2) is 8.12. The molecule has 0 aliphatic carbocycles. The predicted molar refractivity (Wildman–Crippen MR) is 114 cm³/mol. The first-order valence-electron chi connectivity index (χ1n) is 8.68. The van der Waals surface area contributed by atoms with Crippen molar-refractivity contribution >= 4 is 34.8 Å². The Morgan fingerprint density at radius 2 is 0.929 bits per heavy atom. The molecule has 0 amide bonds. The second-order valence-corrected chi connectivity index (χ2v) is 8.09. The minimum atomic E-state index is -0.365. The fraction of sp³-hybridized carbons (Fsp3) is 0.182. The highest BCUT2D eigenvalue weighted by Crippen LogP contribution is 2.44. The van der Waals surface area contributed by atoms with Crippen LogP contribution in [0.4, 0.5) is 0 Å². The van der Waals surface area contributed by atoms with E-state index in [1.54, 1.807) is 36.4 Å². The molecule has 146 valence electrons. The van der Waals surface area contributed by atoms with Gasteiger partial charge in [0.2, 0.25) is 0 Å². The zero-order chi connectivity index (χ0) is 20.6. The minimum absolute atomic E-state index is 0.0446. The molecule has 3 nitrogen and oxygen atoms in total. The number of benzene rings is 3. The molecule has 0 fully saturated rings. The monoisotopic (exact) mass is 436 g/mol. The molecule has 0 saturated carbocycles. The molecule has 0 bridgehead atoms. The Hall–Kier alpha value is -2.07. The van der Waals surface area contributed by atoms with Gasteiger partial charge in [-0.25, -0.2) is 0 Å². The summed E-state index contributed by atoms with van der Waals surface area (Å²) in [6.45, 7) is 3.70. The van der Waals surface area contributed by atoms with Gasteiger partial charge < -0.3 is 15.3 Å². The van der Waals surface area contributed by atoms with Gasteiger partial charge in [-0.15, -0.1) is 0 Å². The SMILES string of the molecule is CC(c1cc(Cl)ccc1O)c1cc(Cl)cc(C(C)c2cc(Cl)ccc2O)c1O. The highest BCUT2D eigenvalue weighted by atomic mass is 35.5. The summed E-state index contributed by atoms with van der Waals surface area (Å²) in [5, 5.41) is 32.9. The summed E-state index contributed by atoms with van der Waals surface area (Å²) >= 11 is 18.5. The molecule has 0 aliphatic heterocycles. The van der Waals surface area contributed by atoms with Crippen molar-refractivity contribution in [1.82, 2.24) is 0 Å². The Bertz CT molecular complexity index is 955. The Balaban J connectivity index is 2.12. The van der Waals surface area contributed by atoms with Crippen LogP contribution in [0.15, 0.2) is 48.5 Å². The Kier molecular flexibility index (Phi) is 5.99. The number of aromatic hydroxyl groups is 3. The van der Waals surface area contributed by atoms with Crippen LogP contribution in [-0.2, 0) is 0 Å². The minimum Gasteiger partial charge on any atom is -0.508 e. The van der Waals surface area contributed by atoms with E-state index >= 15 is 0 Å². The van der Waals surface area contributed by atoms with Crippen LogP contribution >= 0.6 is 34.8 Å². The third-order valence-electron chi connectivity index (χ3n) is 4.98. The largest absolute Gasteiger partial charge is 0.508 e. The summed E-state index contributed by atoms with van der Waals surface area (Å²) in [7, 11) is 0. The lowest BCUT2D eigenvalue weighted by Crippen LogP contribution is -2.03. The molecular weight excluding hydrogens is 419 g/mol. The van der Waals surface area contributed by atoms with Crippen LogP contribution in [0.1, 0.15) is 47.9 Å². The van der Waals surface area contributed by atoms with Crippen molar-refractivity contribution < 1.29 is 15.3 Å². The lowest BCUT2D eigenvalue weighted by molar-refractivity contribution is 0.448. The molecule has 3 N–H and O–H groups in total. The van der Waals surface area contributed by atoms with Crippen LogP contribution in [0.2, 0.25) is 15.1 Å². The average Bonchev–Trinajstić information content (AvgIpc) is 2.66. The molecule has 0 aliphatic rings. The van der Waals surface area contributed by atoms with Crippen LogP contribution in [0, 0.1) is 0 Å². The van der Waals surface area contributed by atoms with Gasteiger partial charge in [0, 0.05) is 49.2 Å². The maximum absolute atomic E-state index is 11.0. The van der Waals surface area contributed by atoms with E-state index in [2.05, 4.69) is 0 Å². The highest BCUT2D eigenvalue weighted by Gasteiger charge is 2.23. The van der Waals surface area contributed by atoms with Crippen LogP contribution in [-0.4, -0.2) is 15.3 Å². The van der Waals surface area contributed by atoms with Gasteiger partial charge in [-0.05, 0) is 48.5 Å². The van der Waals surface area contributed by atoms with Gasteiger partial charge in [-0.3, -0.25) is 0 Å². The first kappa shape index (κ1) is 20.7. The molecule has 0 saturated heterocycles. The molecule has 3 aromatic rings. The summed E-state index contributed by atoms with van der Waals surface area (Å²) in [5.74, 6) is -0.521. The zero-order valence-corrected chi connectivity index (χ0v) is 17.5. The van der Waals surface area contributed by atoms with Gasteiger partial charge in [-0.2, -0.15) is 0 Å². The molecule has 3 aromatic carbocycles. The molecule has 2 unspecified atom stereocenters. The number of halogens is 3. The van der Waals surface area contributed by atoms with Gasteiger partial charge in [0.1, 0.15) is 17.2 Å². The van der Waals surface area contributed by atoms with E-state index in [0.717, 1.165) is 0 Å².